The van der Waals surface area contributed by atoms with Crippen molar-refractivity contribution in [2.24, 2.45) is 0 Å². The molecule has 0 radical (unpaired) electrons. The van der Waals surface area contributed by atoms with E-state index in [0.717, 1.165) is 38.5 Å². The van der Waals surface area contributed by atoms with E-state index in [1.165, 1.54) is 30.5 Å². The molecule has 0 unspecified atom stereocenters. The largest absolute Gasteiger partial charge is 0.508 e. The molecule has 7 rings (SSSR count). The first kappa shape index (κ1) is 31.2. The molecule has 2 aromatic heterocycles. The summed E-state index contributed by atoms with van der Waals surface area (Å²) in [5.41, 5.74) is -0.537. The highest BCUT2D eigenvalue weighted by atomic mass is 32.2. The predicted octanol–water partition coefficient (Wildman–Crippen LogP) is 4.50. The number of anilines is 1. The predicted molar refractivity (Wildman–Crippen MR) is 176 cm³/mol. The highest BCUT2D eigenvalue weighted by Crippen LogP contribution is 2.41. The number of terminal acetylenes is 1. The standard InChI is InChI=1S/C34H34F2N6O4S/c1-3-24-27(35)10-9-21-15-23(43)16-25(28(21)24)30-29(36)31-26(18-37-30)32(41-12-6-4-5-7-13-41)39-33(38-31)46-20-34-11-8-14-42(34)19-22(17-34)40-47(2,44)45/h1,4-5,9-10,15-16,18,22,40,43H,6-8,11-14,17,19-20H2,2H3/t22-,34+/m1/s1. The monoisotopic (exact) mass is 660 g/mol. The average Bonchev–Trinajstić information content (AvgIpc) is 3.42. The summed E-state index contributed by atoms with van der Waals surface area (Å²) in [6, 6.07) is 5.17. The van der Waals surface area contributed by atoms with Crippen molar-refractivity contribution in [3.63, 3.8) is 0 Å². The molecular formula is C34H34F2N6O4S. The number of phenols is 1. The Kier molecular flexibility index (Phi) is 7.98. The zero-order valence-electron chi connectivity index (χ0n) is 25.8. The van der Waals surface area contributed by atoms with Crippen molar-refractivity contribution in [1.29, 1.82) is 0 Å². The summed E-state index contributed by atoms with van der Waals surface area (Å²) in [6.45, 7) is 2.87. The topological polar surface area (TPSA) is 121 Å². The number of aromatic hydroxyl groups is 1. The van der Waals surface area contributed by atoms with Gasteiger partial charge in [-0.1, -0.05) is 24.1 Å². The van der Waals surface area contributed by atoms with Crippen LogP contribution in [-0.4, -0.2) is 84.0 Å². The number of halogens is 2. The van der Waals surface area contributed by atoms with Crippen LogP contribution < -0.4 is 14.4 Å². The third kappa shape index (κ3) is 5.86. The fourth-order valence-corrected chi connectivity index (χ4v) is 8.15. The van der Waals surface area contributed by atoms with Gasteiger partial charge in [0.25, 0.3) is 0 Å². The van der Waals surface area contributed by atoms with Crippen LogP contribution in [0.5, 0.6) is 11.8 Å². The minimum absolute atomic E-state index is 0.0161. The van der Waals surface area contributed by atoms with E-state index >= 15 is 4.39 Å². The summed E-state index contributed by atoms with van der Waals surface area (Å²) < 4.78 is 64.6. The van der Waals surface area contributed by atoms with Crippen LogP contribution in [0, 0.1) is 24.0 Å². The molecule has 47 heavy (non-hydrogen) atoms. The van der Waals surface area contributed by atoms with Gasteiger partial charge in [-0.25, -0.2) is 21.9 Å². The number of nitrogens with zero attached hydrogens (tertiary/aromatic N) is 5. The highest BCUT2D eigenvalue weighted by Gasteiger charge is 2.49. The Morgan fingerprint density at radius 1 is 1.17 bits per heavy atom. The minimum atomic E-state index is -3.38. The number of ether oxygens (including phenoxy) is 1. The Hall–Kier alpha value is -4.38. The van der Waals surface area contributed by atoms with Crippen LogP contribution >= 0.6 is 0 Å². The van der Waals surface area contributed by atoms with Gasteiger partial charge in [-0.2, -0.15) is 9.97 Å². The smallest absolute Gasteiger partial charge is 0.319 e. The van der Waals surface area contributed by atoms with Crippen molar-refractivity contribution in [3.8, 4) is 35.4 Å². The minimum Gasteiger partial charge on any atom is -0.508 e. The molecule has 2 fully saturated rings. The van der Waals surface area contributed by atoms with Crippen LogP contribution in [-0.2, 0) is 10.0 Å². The summed E-state index contributed by atoms with van der Waals surface area (Å²) in [7, 11) is -3.38. The number of nitrogens with one attached hydrogen (secondary N) is 1. The molecule has 5 heterocycles. The molecule has 244 valence electrons. The van der Waals surface area contributed by atoms with Crippen LogP contribution in [0.15, 0.2) is 42.6 Å². The quantitative estimate of drug-likeness (QED) is 0.218. The van der Waals surface area contributed by atoms with E-state index in [1.807, 2.05) is 0 Å². The first-order valence-electron chi connectivity index (χ1n) is 15.6. The van der Waals surface area contributed by atoms with Crippen molar-refractivity contribution in [2.75, 3.05) is 43.9 Å². The Balaban J connectivity index is 1.33. The molecule has 0 bridgehead atoms. The lowest BCUT2D eigenvalue weighted by Crippen LogP contribution is -2.43. The van der Waals surface area contributed by atoms with Gasteiger partial charge in [-0.3, -0.25) is 9.88 Å². The summed E-state index contributed by atoms with van der Waals surface area (Å²) in [6.07, 6.45) is 16.4. The van der Waals surface area contributed by atoms with E-state index in [9.17, 15) is 17.9 Å². The number of fused-ring (bicyclic) bond motifs is 3. The third-order valence-corrected chi connectivity index (χ3v) is 10.1. The van der Waals surface area contributed by atoms with E-state index in [4.69, 9.17) is 16.1 Å². The molecule has 2 N–H and O–H groups in total. The first-order valence-corrected chi connectivity index (χ1v) is 17.5. The Morgan fingerprint density at radius 3 is 2.70 bits per heavy atom. The lowest BCUT2D eigenvalue weighted by molar-refractivity contribution is 0.108. The molecule has 0 saturated carbocycles. The number of sulfonamides is 1. The number of hydrogen-bond donors (Lipinski definition) is 2. The third-order valence-electron chi connectivity index (χ3n) is 9.35. The van der Waals surface area contributed by atoms with Crippen LogP contribution in [0.3, 0.4) is 0 Å². The van der Waals surface area contributed by atoms with Gasteiger partial charge in [0.2, 0.25) is 10.0 Å². The van der Waals surface area contributed by atoms with E-state index in [2.05, 4.69) is 42.6 Å². The fourth-order valence-electron chi connectivity index (χ4n) is 7.39. The van der Waals surface area contributed by atoms with E-state index < -0.39 is 27.2 Å². The number of phenolic OH excluding ortho intramolecular Hbond substituents is 1. The molecule has 2 atom stereocenters. The Bertz CT molecular complexity index is 2080. The molecule has 3 aliphatic rings. The van der Waals surface area contributed by atoms with Gasteiger partial charge in [-0.15, -0.1) is 6.42 Å². The van der Waals surface area contributed by atoms with E-state index in [0.29, 0.717) is 42.6 Å². The summed E-state index contributed by atoms with van der Waals surface area (Å²) in [5, 5.41) is 11.6. The summed E-state index contributed by atoms with van der Waals surface area (Å²) in [5.74, 6) is 1.24. The number of aromatic nitrogens is 3. The molecule has 2 saturated heterocycles. The maximum atomic E-state index is 16.8. The van der Waals surface area contributed by atoms with Gasteiger partial charge in [0.1, 0.15) is 35.2 Å². The molecule has 13 heteroatoms. The Labute approximate surface area is 271 Å². The highest BCUT2D eigenvalue weighted by molar-refractivity contribution is 7.88. The van der Waals surface area contributed by atoms with Gasteiger partial charge in [0, 0.05) is 42.8 Å². The van der Waals surface area contributed by atoms with Gasteiger partial charge < -0.3 is 14.7 Å². The van der Waals surface area contributed by atoms with Gasteiger partial charge in [0.15, 0.2) is 5.82 Å². The van der Waals surface area contributed by atoms with E-state index in [-0.39, 0.29) is 52.1 Å². The number of rotatable bonds is 7. The maximum Gasteiger partial charge on any atom is 0.319 e. The molecule has 2 aromatic carbocycles. The van der Waals surface area contributed by atoms with E-state index in [1.54, 1.807) is 0 Å². The normalized spacial score (nSPS) is 21.7. The second-order valence-electron chi connectivity index (χ2n) is 12.6. The second-order valence-corrected chi connectivity index (χ2v) is 14.3. The fraction of sp³-hybridized carbons (Fsp3) is 0.382. The molecule has 0 amide bonds. The molecule has 0 spiro atoms. The average molecular weight is 661 g/mol. The van der Waals surface area contributed by atoms with Crippen molar-refractivity contribution >= 4 is 37.5 Å². The number of hydrogen-bond acceptors (Lipinski definition) is 9. The zero-order chi connectivity index (χ0) is 32.9. The van der Waals surface area contributed by atoms with Crippen molar-refractivity contribution < 1.29 is 27.0 Å². The molecule has 10 nitrogen and oxygen atoms in total. The van der Waals surface area contributed by atoms with Crippen molar-refractivity contribution in [2.45, 2.75) is 43.7 Å². The van der Waals surface area contributed by atoms with Crippen molar-refractivity contribution in [3.05, 3.63) is 59.8 Å². The number of pyridine rings is 1. The van der Waals surface area contributed by atoms with Crippen LogP contribution in [0.2, 0.25) is 0 Å². The molecule has 0 aliphatic carbocycles. The summed E-state index contributed by atoms with van der Waals surface area (Å²) >= 11 is 0. The van der Waals surface area contributed by atoms with Gasteiger partial charge in [-0.05, 0) is 62.2 Å². The van der Waals surface area contributed by atoms with Crippen molar-refractivity contribution in [1.82, 2.24) is 24.6 Å². The number of benzene rings is 2. The molecular weight excluding hydrogens is 626 g/mol. The summed E-state index contributed by atoms with van der Waals surface area (Å²) in [4.78, 5) is 18.1. The lowest BCUT2D eigenvalue weighted by atomic mass is 9.94. The first-order chi connectivity index (χ1) is 22.5. The zero-order valence-corrected chi connectivity index (χ0v) is 26.7. The van der Waals surface area contributed by atoms with Gasteiger partial charge in [0.05, 0.1) is 22.7 Å². The second kappa shape index (κ2) is 12.0. The SMILES string of the molecule is C#Cc1c(F)ccc2cc(O)cc(-c3ncc4c(N5CCC=CCC5)nc(OC[C@@]56CCCN5C[C@H](NS(C)(=O)=O)C6)nc4c3F)c12. The Morgan fingerprint density at radius 2 is 1.96 bits per heavy atom. The van der Waals surface area contributed by atoms with Crippen LogP contribution in [0.25, 0.3) is 32.9 Å². The molecule has 3 aliphatic heterocycles. The maximum absolute atomic E-state index is 16.8. The lowest BCUT2D eigenvalue weighted by Gasteiger charge is -2.31. The van der Waals surface area contributed by atoms with Crippen LogP contribution in [0.1, 0.15) is 37.7 Å². The van der Waals surface area contributed by atoms with Gasteiger partial charge >= 0.3 is 6.01 Å². The van der Waals surface area contributed by atoms with Crippen LogP contribution in [0.4, 0.5) is 14.6 Å². The molecule has 4 aromatic rings.